The SMILES string of the molecule is Cc1nc(C#N)c(NN=Cc2coc3ccc(Br)cc3c2=O)o1. The fourth-order valence-corrected chi connectivity index (χ4v) is 2.31. The lowest BCUT2D eigenvalue weighted by Gasteiger charge is -1.99. The van der Waals surface area contributed by atoms with E-state index in [1.807, 2.05) is 6.07 Å². The Labute approximate surface area is 138 Å². The average Bonchev–Trinajstić information content (AvgIpc) is 2.90. The van der Waals surface area contributed by atoms with E-state index in [0.29, 0.717) is 16.9 Å². The first kappa shape index (κ1) is 15.0. The summed E-state index contributed by atoms with van der Waals surface area (Å²) in [7, 11) is 0. The van der Waals surface area contributed by atoms with Gasteiger partial charge in [0, 0.05) is 11.4 Å². The van der Waals surface area contributed by atoms with Gasteiger partial charge in [0.1, 0.15) is 17.9 Å². The molecule has 3 aromatic rings. The number of rotatable bonds is 3. The minimum Gasteiger partial charge on any atom is -0.463 e. The normalized spacial score (nSPS) is 11.0. The first-order valence-electron chi connectivity index (χ1n) is 6.46. The predicted octanol–water partition coefficient (Wildman–Crippen LogP) is 3.17. The Morgan fingerprint density at radius 3 is 3.09 bits per heavy atom. The summed E-state index contributed by atoms with van der Waals surface area (Å²) >= 11 is 3.32. The number of nitrogens with zero attached hydrogens (tertiary/aromatic N) is 3. The Kier molecular flexibility index (Phi) is 3.95. The van der Waals surface area contributed by atoms with Crippen LogP contribution in [0.25, 0.3) is 11.0 Å². The summed E-state index contributed by atoms with van der Waals surface area (Å²) in [4.78, 5) is 16.2. The molecule has 0 saturated carbocycles. The number of nitrogens with one attached hydrogen (secondary N) is 1. The van der Waals surface area contributed by atoms with Crippen molar-refractivity contribution in [2.24, 2.45) is 5.10 Å². The summed E-state index contributed by atoms with van der Waals surface area (Å²) < 4.78 is 11.4. The molecule has 0 fully saturated rings. The lowest BCUT2D eigenvalue weighted by atomic mass is 10.2. The van der Waals surface area contributed by atoms with Crippen LogP contribution in [-0.4, -0.2) is 11.2 Å². The number of oxazole rings is 1. The van der Waals surface area contributed by atoms with Crippen molar-refractivity contribution < 1.29 is 8.83 Å². The zero-order chi connectivity index (χ0) is 16.4. The van der Waals surface area contributed by atoms with Crippen LogP contribution in [0.5, 0.6) is 0 Å². The molecule has 0 aliphatic heterocycles. The molecular formula is C15H9BrN4O3. The molecule has 0 aliphatic carbocycles. The van der Waals surface area contributed by atoms with E-state index in [9.17, 15) is 4.79 Å². The number of hydrogen-bond acceptors (Lipinski definition) is 7. The molecular weight excluding hydrogens is 364 g/mol. The summed E-state index contributed by atoms with van der Waals surface area (Å²) in [6, 6.07) is 7.05. The largest absolute Gasteiger partial charge is 0.463 e. The van der Waals surface area contributed by atoms with Crippen LogP contribution in [-0.2, 0) is 0 Å². The summed E-state index contributed by atoms with van der Waals surface area (Å²) in [6.07, 6.45) is 2.62. The fourth-order valence-electron chi connectivity index (χ4n) is 1.95. The number of aryl methyl sites for hydroxylation is 1. The molecule has 0 saturated heterocycles. The van der Waals surface area contributed by atoms with Crippen molar-refractivity contribution in [3.63, 3.8) is 0 Å². The average molecular weight is 373 g/mol. The van der Waals surface area contributed by atoms with E-state index >= 15 is 0 Å². The van der Waals surface area contributed by atoms with Gasteiger partial charge in [0.25, 0.3) is 5.88 Å². The van der Waals surface area contributed by atoms with Crippen molar-refractivity contribution in [1.82, 2.24) is 4.98 Å². The number of aromatic nitrogens is 1. The Bertz CT molecular complexity index is 1010. The van der Waals surface area contributed by atoms with Gasteiger partial charge >= 0.3 is 0 Å². The molecule has 7 nitrogen and oxygen atoms in total. The van der Waals surface area contributed by atoms with Crippen LogP contribution < -0.4 is 10.9 Å². The molecule has 1 aromatic carbocycles. The molecule has 0 unspecified atom stereocenters. The zero-order valence-electron chi connectivity index (χ0n) is 11.8. The minimum atomic E-state index is -0.215. The van der Waals surface area contributed by atoms with Crippen LogP contribution >= 0.6 is 15.9 Å². The van der Waals surface area contributed by atoms with E-state index in [4.69, 9.17) is 14.1 Å². The molecule has 3 rings (SSSR count). The smallest absolute Gasteiger partial charge is 0.252 e. The summed E-state index contributed by atoms with van der Waals surface area (Å²) in [5.74, 6) is 0.462. The molecule has 0 amide bonds. The van der Waals surface area contributed by atoms with Gasteiger partial charge in [-0.15, -0.1) is 0 Å². The van der Waals surface area contributed by atoms with Gasteiger partial charge in [0.2, 0.25) is 11.1 Å². The second-order valence-electron chi connectivity index (χ2n) is 4.55. The molecule has 0 atom stereocenters. The van der Waals surface area contributed by atoms with Gasteiger partial charge < -0.3 is 8.83 Å². The lowest BCUT2D eigenvalue weighted by Crippen LogP contribution is -2.08. The molecule has 0 aliphatic rings. The molecule has 8 heteroatoms. The van der Waals surface area contributed by atoms with E-state index in [2.05, 4.69) is 31.4 Å². The third-order valence-electron chi connectivity index (χ3n) is 2.97. The molecule has 0 bridgehead atoms. The van der Waals surface area contributed by atoms with Crippen molar-refractivity contribution in [3.05, 3.63) is 56.3 Å². The predicted molar refractivity (Wildman–Crippen MR) is 87.4 cm³/mol. The first-order chi connectivity index (χ1) is 11.1. The highest BCUT2D eigenvalue weighted by atomic mass is 79.9. The number of fused-ring (bicyclic) bond motifs is 1. The van der Waals surface area contributed by atoms with Crippen LogP contribution in [0.2, 0.25) is 0 Å². The van der Waals surface area contributed by atoms with Crippen molar-refractivity contribution in [3.8, 4) is 6.07 Å². The minimum absolute atomic E-state index is 0.0918. The maximum atomic E-state index is 12.4. The first-order valence-corrected chi connectivity index (χ1v) is 7.25. The molecule has 2 aromatic heterocycles. The van der Waals surface area contributed by atoms with Gasteiger partial charge in [-0.2, -0.15) is 10.4 Å². The van der Waals surface area contributed by atoms with Gasteiger partial charge in [-0.3, -0.25) is 4.79 Å². The van der Waals surface area contributed by atoms with Crippen LogP contribution in [0, 0.1) is 18.3 Å². The summed E-state index contributed by atoms with van der Waals surface area (Å²) in [6.45, 7) is 1.62. The Morgan fingerprint density at radius 1 is 1.48 bits per heavy atom. The van der Waals surface area contributed by atoms with Crippen LogP contribution in [0.4, 0.5) is 5.88 Å². The van der Waals surface area contributed by atoms with Crippen LogP contribution in [0.3, 0.4) is 0 Å². The molecule has 0 radical (unpaired) electrons. The summed E-state index contributed by atoms with van der Waals surface area (Å²) in [5, 5.41) is 13.2. The Hall–Kier alpha value is -2.92. The maximum Gasteiger partial charge on any atom is 0.252 e. The molecule has 1 N–H and O–H groups in total. The summed E-state index contributed by atoms with van der Waals surface area (Å²) in [5.41, 5.74) is 3.17. The Morgan fingerprint density at radius 2 is 2.30 bits per heavy atom. The second-order valence-corrected chi connectivity index (χ2v) is 5.47. The van der Waals surface area contributed by atoms with E-state index in [0.717, 1.165) is 4.47 Å². The van der Waals surface area contributed by atoms with E-state index in [1.165, 1.54) is 12.5 Å². The van der Waals surface area contributed by atoms with Crippen molar-refractivity contribution >= 4 is 39.0 Å². The number of halogens is 1. The highest BCUT2D eigenvalue weighted by Gasteiger charge is 2.09. The number of anilines is 1. The molecule has 0 spiro atoms. The highest BCUT2D eigenvalue weighted by molar-refractivity contribution is 9.10. The number of hydrogen-bond donors (Lipinski definition) is 1. The number of hydrazone groups is 1. The van der Waals surface area contributed by atoms with Gasteiger partial charge in [-0.05, 0) is 18.2 Å². The van der Waals surface area contributed by atoms with Gasteiger partial charge in [0.05, 0.1) is 17.2 Å². The van der Waals surface area contributed by atoms with Gasteiger partial charge in [0.15, 0.2) is 5.89 Å². The van der Waals surface area contributed by atoms with E-state index in [-0.39, 0.29) is 22.6 Å². The van der Waals surface area contributed by atoms with Crippen molar-refractivity contribution in [1.29, 1.82) is 5.26 Å². The van der Waals surface area contributed by atoms with Crippen LogP contribution in [0.15, 0.2) is 47.7 Å². The molecule has 114 valence electrons. The van der Waals surface area contributed by atoms with Crippen molar-refractivity contribution in [2.45, 2.75) is 6.92 Å². The number of benzene rings is 1. The topological polar surface area (TPSA) is 104 Å². The third-order valence-corrected chi connectivity index (χ3v) is 3.46. The Balaban J connectivity index is 1.91. The second kappa shape index (κ2) is 6.06. The van der Waals surface area contributed by atoms with Crippen molar-refractivity contribution in [2.75, 3.05) is 5.43 Å². The zero-order valence-corrected chi connectivity index (χ0v) is 13.4. The lowest BCUT2D eigenvalue weighted by molar-refractivity contribution is 0.533. The third kappa shape index (κ3) is 3.00. The fraction of sp³-hybridized carbons (Fsp3) is 0.0667. The quantitative estimate of drug-likeness (QED) is 0.559. The van der Waals surface area contributed by atoms with E-state index < -0.39 is 0 Å². The standard InChI is InChI=1S/C15H9BrN4O3/c1-8-19-12(5-17)15(23-8)20-18-6-9-7-22-13-3-2-10(16)4-11(13)14(9)21/h2-4,6-7,20H,1H3. The molecule has 23 heavy (non-hydrogen) atoms. The van der Waals surface area contributed by atoms with Gasteiger partial charge in [-0.1, -0.05) is 15.9 Å². The maximum absolute atomic E-state index is 12.4. The van der Waals surface area contributed by atoms with E-state index in [1.54, 1.807) is 25.1 Å². The van der Waals surface area contributed by atoms with Gasteiger partial charge in [-0.25, -0.2) is 10.4 Å². The monoisotopic (exact) mass is 372 g/mol. The number of nitriles is 1. The molecule has 2 heterocycles. The van der Waals surface area contributed by atoms with Crippen LogP contribution in [0.1, 0.15) is 17.1 Å². The highest BCUT2D eigenvalue weighted by Crippen LogP contribution is 2.18.